The molecule has 1 aromatic heterocycles. The summed E-state index contributed by atoms with van der Waals surface area (Å²) < 4.78 is 13.4. The number of benzene rings is 2. The molecule has 0 aliphatic heterocycles. The lowest BCUT2D eigenvalue weighted by Gasteiger charge is -2.09. The summed E-state index contributed by atoms with van der Waals surface area (Å²) in [6.07, 6.45) is 2.09. The first kappa shape index (κ1) is 15.5. The van der Waals surface area contributed by atoms with Gasteiger partial charge < -0.3 is 0 Å². The molecule has 0 aliphatic rings. The van der Waals surface area contributed by atoms with Crippen molar-refractivity contribution in [2.24, 2.45) is 0 Å². The molecule has 0 fully saturated rings. The van der Waals surface area contributed by atoms with Gasteiger partial charge in [0, 0.05) is 10.9 Å². The van der Waals surface area contributed by atoms with Crippen molar-refractivity contribution in [3.63, 3.8) is 0 Å². The Kier molecular flexibility index (Phi) is 4.27. The highest BCUT2D eigenvalue weighted by Crippen LogP contribution is 2.33. The van der Waals surface area contributed by atoms with Crippen LogP contribution in [0.3, 0.4) is 0 Å². The van der Waals surface area contributed by atoms with Gasteiger partial charge in [0.25, 0.3) is 0 Å². The molecule has 0 amide bonds. The maximum atomic E-state index is 13.4. The zero-order valence-corrected chi connectivity index (χ0v) is 13.4. The van der Waals surface area contributed by atoms with Crippen molar-refractivity contribution in [1.29, 1.82) is 5.26 Å². The van der Waals surface area contributed by atoms with Crippen LogP contribution in [-0.4, -0.2) is 4.98 Å². The van der Waals surface area contributed by atoms with Crippen LogP contribution in [0.4, 0.5) is 4.39 Å². The van der Waals surface area contributed by atoms with Crippen molar-refractivity contribution in [1.82, 2.24) is 4.98 Å². The van der Waals surface area contributed by atoms with Crippen LogP contribution in [-0.2, 0) is 6.42 Å². The van der Waals surface area contributed by atoms with Crippen LogP contribution < -0.4 is 0 Å². The average molecular weight is 325 g/mol. The largest absolute Gasteiger partial charge is 0.246 e. The lowest BCUT2D eigenvalue weighted by atomic mass is 10.0. The highest BCUT2D eigenvalue weighted by molar-refractivity contribution is 6.37. The molecule has 0 saturated carbocycles. The van der Waals surface area contributed by atoms with Gasteiger partial charge >= 0.3 is 0 Å². The highest BCUT2D eigenvalue weighted by Gasteiger charge is 2.15. The number of rotatable bonds is 3. The summed E-state index contributed by atoms with van der Waals surface area (Å²) in [5, 5.41) is 10.2. The first-order valence-corrected chi connectivity index (χ1v) is 7.80. The van der Waals surface area contributed by atoms with E-state index in [1.165, 1.54) is 17.7 Å². The van der Waals surface area contributed by atoms with Crippen molar-refractivity contribution in [3.05, 3.63) is 64.4 Å². The number of nitriles is 1. The van der Waals surface area contributed by atoms with Gasteiger partial charge in [-0.15, -0.1) is 0 Å². The molecular formula is C19H14ClFN2. The van der Waals surface area contributed by atoms with Gasteiger partial charge in [0.1, 0.15) is 11.9 Å². The van der Waals surface area contributed by atoms with Gasteiger partial charge in [0.15, 0.2) is 0 Å². The van der Waals surface area contributed by atoms with Gasteiger partial charge in [0.2, 0.25) is 0 Å². The predicted molar refractivity (Wildman–Crippen MR) is 90.9 cm³/mol. The zero-order chi connectivity index (χ0) is 16.4. The van der Waals surface area contributed by atoms with Crippen molar-refractivity contribution < 1.29 is 4.39 Å². The number of pyridine rings is 1. The van der Waals surface area contributed by atoms with Gasteiger partial charge in [-0.1, -0.05) is 49.2 Å². The van der Waals surface area contributed by atoms with Crippen LogP contribution in [0.5, 0.6) is 0 Å². The quantitative estimate of drug-likeness (QED) is 0.636. The first-order valence-electron chi connectivity index (χ1n) is 7.42. The molecule has 0 unspecified atom stereocenters. The van der Waals surface area contributed by atoms with Crippen LogP contribution in [0.25, 0.3) is 22.2 Å². The Morgan fingerprint density at radius 1 is 1.17 bits per heavy atom. The minimum atomic E-state index is -0.401. The summed E-state index contributed by atoms with van der Waals surface area (Å²) in [4.78, 5) is 4.52. The van der Waals surface area contributed by atoms with Crippen LogP contribution in [0, 0.1) is 17.1 Å². The zero-order valence-electron chi connectivity index (χ0n) is 12.6. The minimum Gasteiger partial charge on any atom is -0.246 e. The van der Waals surface area contributed by atoms with E-state index in [2.05, 4.69) is 18.0 Å². The Bertz CT molecular complexity index is 911. The number of aryl methyl sites for hydroxylation is 1. The van der Waals surface area contributed by atoms with E-state index in [0.717, 1.165) is 18.4 Å². The fourth-order valence-electron chi connectivity index (χ4n) is 2.63. The topological polar surface area (TPSA) is 36.7 Å². The fourth-order valence-corrected chi connectivity index (χ4v) is 2.91. The van der Waals surface area contributed by atoms with Gasteiger partial charge in [-0.05, 0) is 30.2 Å². The van der Waals surface area contributed by atoms with E-state index in [-0.39, 0.29) is 10.6 Å². The Labute approximate surface area is 139 Å². The smallest absolute Gasteiger partial charge is 0.124 e. The Balaban J connectivity index is 2.20. The second-order valence-corrected chi connectivity index (χ2v) is 5.75. The van der Waals surface area contributed by atoms with E-state index in [9.17, 15) is 9.65 Å². The standard InChI is InChI=1S/C19H14ClFN2/c1-2-3-12-4-6-13(7-5-12)19-16(11-22)18(20)15-10-14(21)8-9-17(15)23-19/h4-10H,2-3H2,1H3. The third-order valence-corrected chi connectivity index (χ3v) is 4.15. The third kappa shape index (κ3) is 2.91. The number of hydrogen-bond acceptors (Lipinski definition) is 2. The van der Waals surface area contributed by atoms with E-state index in [1.807, 2.05) is 24.3 Å². The summed E-state index contributed by atoms with van der Waals surface area (Å²) in [6, 6.07) is 14.3. The van der Waals surface area contributed by atoms with Gasteiger partial charge in [-0.25, -0.2) is 9.37 Å². The van der Waals surface area contributed by atoms with E-state index in [0.29, 0.717) is 16.6 Å². The molecule has 0 aliphatic carbocycles. The van der Waals surface area contributed by atoms with Crippen molar-refractivity contribution in [2.75, 3.05) is 0 Å². The number of aromatic nitrogens is 1. The predicted octanol–water partition coefficient (Wildman–Crippen LogP) is 5.52. The SMILES string of the molecule is CCCc1ccc(-c2nc3ccc(F)cc3c(Cl)c2C#N)cc1. The third-order valence-electron chi connectivity index (χ3n) is 3.76. The minimum absolute atomic E-state index is 0.240. The second-order valence-electron chi connectivity index (χ2n) is 5.37. The van der Waals surface area contributed by atoms with E-state index in [1.54, 1.807) is 6.07 Å². The lowest BCUT2D eigenvalue weighted by molar-refractivity contribution is 0.629. The molecule has 4 heteroatoms. The van der Waals surface area contributed by atoms with Crippen molar-refractivity contribution in [3.8, 4) is 17.3 Å². The van der Waals surface area contributed by atoms with Crippen LogP contribution >= 0.6 is 11.6 Å². The molecular weight excluding hydrogens is 311 g/mol. The van der Waals surface area contributed by atoms with Crippen molar-refractivity contribution in [2.45, 2.75) is 19.8 Å². The molecule has 23 heavy (non-hydrogen) atoms. The molecule has 2 nitrogen and oxygen atoms in total. The molecule has 3 aromatic rings. The highest BCUT2D eigenvalue weighted by atomic mass is 35.5. The Morgan fingerprint density at radius 2 is 1.91 bits per heavy atom. The van der Waals surface area contributed by atoms with Gasteiger partial charge in [-0.3, -0.25) is 0 Å². The number of fused-ring (bicyclic) bond motifs is 1. The van der Waals surface area contributed by atoms with E-state index in [4.69, 9.17) is 11.6 Å². The lowest BCUT2D eigenvalue weighted by Crippen LogP contribution is -1.94. The van der Waals surface area contributed by atoms with Gasteiger partial charge in [0.05, 0.1) is 21.8 Å². The number of nitrogens with zero attached hydrogens (tertiary/aromatic N) is 2. The maximum absolute atomic E-state index is 13.4. The molecule has 3 rings (SSSR count). The van der Waals surface area contributed by atoms with Crippen LogP contribution in [0.2, 0.25) is 5.02 Å². The van der Waals surface area contributed by atoms with Crippen LogP contribution in [0.15, 0.2) is 42.5 Å². The van der Waals surface area contributed by atoms with Gasteiger partial charge in [-0.2, -0.15) is 5.26 Å². The summed E-state index contributed by atoms with van der Waals surface area (Å²) in [5.74, 6) is -0.401. The molecule has 0 radical (unpaired) electrons. The van der Waals surface area contributed by atoms with Crippen molar-refractivity contribution >= 4 is 22.5 Å². The number of halogens is 2. The van der Waals surface area contributed by atoms with E-state index >= 15 is 0 Å². The molecule has 0 spiro atoms. The summed E-state index contributed by atoms with van der Waals surface area (Å²) in [6.45, 7) is 2.13. The molecule has 0 atom stereocenters. The molecule has 0 saturated heterocycles. The molecule has 0 N–H and O–H groups in total. The monoisotopic (exact) mass is 324 g/mol. The fraction of sp³-hybridized carbons (Fsp3) is 0.158. The van der Waals surface area contributed by atoms with E-state index < -0.39 is 5.82 Å². The summed E-state index contributed by atoms with van der Waals surface area (Å²) in [7, 11) is 0. The summed E-state index contributed by atoms with van der Waals surface area (Å²) >= 11 is 6.32. The number of hydrogen-bond donors (Lipinski definition) is 0. The average Bonchev–Trinajstić information content (AvgIpc) is 2.56. The maximum Gasteiger partial charge on any atom is 0.124 e. The summed E-state index contributed by atoms with van der Waals surface area (Å²) in [5.41, 5.74) is 3.44. The Morgan fingerprint density at radius 3 is 2.57 bits per heavy atom. The molecule has 114 valence electrons. The normalized spacial score (nSPS) is 10.7. The molecule has 1 heterocycles. The van der Waals surface area contributed by atoms with Crippen LogP contribution in [0.1, 0.15) is 24.5 Å². The molecule has 0 bridgehead atoms. The second kappa shape index (κ2) is 6.36. The molecule has 2 aromatic carbocycles. The Hall–Kier alpha value is -2.44. The first-order chi connectivity index (χ1) is 11.1.